The van der Waals surface area contributed by atoms with Gasteiger partial charge in [0.2, 0.25) is 0 Å². The molecule has 0 radical (unpaired) electrons. The fraction of sp³-hybridized carbons (Fsp3) is 0.833. The normalized spacial score (nSPS) is 13.5. The van der Waals surface area contributed by atoms with Gasteiger partial charge in [0.15, 0.2) is 6.10 Å². The lowest BCUT2D eigenvalue weighted by atomic mass is 9.97. The highest BCUT2D eigenvalue weighted by atomic mass is 16.5. The van der Waals surface area contributed by atoms with Crippen LogP contribution in [-0.4, -0.2) is 17.2 Å². The molecule has 21 heavy (non-hydrogen) atoms. The summed E-state index contributed by atoms with van der Waals surface area (Å²) < 4.78 is 5.36. The lowest BCUT2D eigenvalue weighted by molar-refractivity contribution is -0.147. The number of hydrogen-bond donors (Lipinski definition) is 1. The number of aliphatic carboxylic acids is 1. The molecule has 1 N–H and O–H groups in total. The Bertz CT molecular complexity index is 289. The quantitative estimate of drug-likeness (QED) is 0.380. The highest BCUT2D eigenvalue weighted by molar-refractivity contribution is 5.72. The van der Waals surface area contributed by atoms with Crippen molar-refractivity contribution in [1.82, 2.24) is 0 Å². The lowest BCUT2D eigenvalue weighted by Gasteiger charge is -2.15. The van der Waals surface area contributed by atoms with Crippen LogP contribution >= 0.6 is 0 Å². The Balaban J connectivity index is 3.76. The molecule has 0 fully saturated rings. The maximum atomic E-state index is 11.1. The van der Waals surface area contributed by atoms with Crippen molar-refractivity contribution in [3.8, 4) is 0 Å². The van der Waals surface area contributed by atoms with Crippen LogP contribution in [0.3, 0.4) is 0 Å². The topological polar surface area (TPSA) is 46.5 Å². The van der Waals surface area contributed by atoms with E-state index in [1.54, 1.807) is 6.26 Å². The minimum absolute atomic E-state index is 0.0154. The zero-order valence-electron chi connectivity index (χ0n) is 14.4. The molecular formula is C18H34O3. The fourth-order valence-electron chi connectivity index (χ4n) is 2.05. The monoisotopic (exact) mass is 298 g/mol. The fourth-order valence-corrected chi connectivity index (χ4v) is 2.05. The molecule has 1 atom stereocenters. The molecule has 124 valence electrons. The highest BCUT2D eigenvalue weighted by Crippen LogP contribution is 2.16. The summed E-state index contributed by atoms with van der Waals surface area (Å²) in [6, 6.07) is 0. The summed E-state index contributed by atoms with van der Waals surface area (Å²) in [5, 5.41) is 9.14. The van der Waals surface area contributed by atoms with E-state index in [-0.39, 0.29) is 5.41 Å². The summed E-state index contributed by atoms with van der Waals surface area (Å²) in [7, 11) is 0. The van der Waals surface area contributed by atoms with E-state index in [4.69, 9.17) is 9.84 Å². The van der Waals surface area contributed by atoms with Crippen molar-refractivity contribution in [3.63, 3.8) is 0 Å². The second-order valence-electron chi connectivity index (χ2n) is 6.90. The molecule has 0 amide bonds. The van der Waals surface area contributed by atoms with Crippen molar-refractivity contribution < 1.29 is 14.6 Å². The van der Waals surface area contributed by atoms with E-state index in [9.17, 15) is 4.79 Å². The largest absolute Gasteiger partial charge is 0.487 e. The Morgan fingerprint density at radius 3 is 2.05 bits per heavy atom. The maximum absolute atomic E-state index is 11.1. The molecule has 0 aromatic heterocycles. The van der Waals surface area contributed by atoms with Gasteiger partial charge in [0.25, 0.3) is 0 Å². The van der Waals surface area contributed by atoms with Crippen LogP contribution in [-0.2, 0) is 9.53 Å². The zero-order valence-corrected chi connectivity index (χ0v) is 14.4. The third kappa shape index (κ3) is 13.7. The van der Waals surface area contributed by atoms with Crippen LogP contribution in [0.4, 0.5) is 0 Å². The number of ether oxygens (including phenoxy) is 1. The first kappa shape index (κ1) is 20.0. The predicted molar refractivity (Wildman–Crippen MR) is 88.3 cm³/mol. The second-order valence-corrected chi connectivity index (χ2v) is 6.90. The zero-order chi connectivity index (χ0) is 16.1. The number of rotatable bonds is 12. The van der Waals surface area contributed by atoms with Crippen LogP contribution in [0, 0.1) is 5.41 Å². The number of carboxylic acids is 1. The summed E-state index contributed by atoms with van der Waals surface area (Å²) in [6.07, 6.45) is 13.1. The van der Waals surface area contributed by atoms with Gasteiger partial charge in [-0.05, 0) is 24.3 Å². The van der Waals surface area contributed by atoms with Crippen LogP contribution < -0.4 is 0 Å². The Hall–Kier alpha value is -0.990. The molecule has 0 aliphatic carbocycles. The SMILES string of the molecule is CCCCCCCCCCC(OC=CC(C)(C)C)C(=O)O. The van der Waals surface area contributed by atoms with Gasteiger partial charge in [-0.15, -0.1) is 0 Å². The van der Waals surface area contributed by atoms with Crippen molar-refractivity contribution in [3.05, 3.63) is 12.3 Å². The van der Waals surface area contributed by atoms with Gasteiger partial charge in [-0.3, -0.25) is 0 Å². The maximum Gasteiger partial charge on any atom is 0.344 e. The summed E-state index contributed by atoms with van der Waals surface area (Å²) in [5.74, 6) is -0.864. The van der Waals surface area contributed by atoms with Crippen LogP contribution in [0.5, 0.6) is 0 Å². The second kappa shape index (κ2) is 11.6. The molecule has 0 heterocycles. The van der Waals surface area contributed by atoms with Gasteiger partial charge in [0, 0.05) is 0 Å². The number of carbonyl (C=O) groups is 1. The Kier molecular flexibility index (Phi) is 11.1. The molecule has 0 bridgehead atoms. The Labute approximate surface area is 130 Å². The molecule has 0 rings (SSSR count). The highest BCUT2D eigenvalue weighted by Gasteiger charge is 2.17. The van der Waals surface area contributed by atoms with Gasteiger partial charge < -0.3 is 9.84 Å². The molecule has 0 aliphatic heterocycles. The first-order valence-electron chi connectivity index (χ1n) is 8.43. The van der Waals surface area contributed by atoms with E-state index >= 15 is 0 Å². The van der Waals surface area contributed by atoms with Gasteiger partial charge in [0.1, 0.15) is 0 Å². The van der Waals surface area contributed by atoms with E-state index in [1.807, 2.05) is 6.08 Å². The van der Waals surface area contributed by atoms with Crippen molar-refractivity contribution >= 4 is 5.97 Å². The van der Waals surface area contributed by atoms with Gasteiger partial charge in [0.05, 0.1) is 6.26 Å². The van der Waals surface area contributed by atoms with Crippen LogP contribution in [0.15, 0.2) is 12.3 Å². The summed E-state index contributed by atoms with van der Waals surface area (Å²) in [5.41, 5.74) is 0.0154. The molecule has 0 saturated heterocycles. The molecule has 3 heteroatoms. The van der Waals surface area contributed by atoms with Crippen LogP contribution in [0.2, 0.25) is 0 Å². The average Bonchev–Trinajstić information content (AvgIpc) is 2.38. The number of hydrogen-bond acceptors (Lipinski definition) is 2. The Morgan fingerprint density at radius 2 is 1.57 bits per heavy atom. The molecule has 0 aliphatic rings. The van der Waals surface area contributed by atoms with Crippen LogP contribution in [0.25, 0.3) is 0 Å². The van der Waals surface area contributed by atoms with Crippen molar-refractivity contribution in [2.45, 2.75) is 91.6 Å². The number of carboxylic acid groups (broad SMARTS) is 1. The summed E-state index contributed by atoms with van der Waals surface area (Å²) >= 11 is 0. The molecule has 3 nitrogen and oxygen atoms in total. The van der Waals surface area contributed by atoms with Gasteiger partial charge in [-0.1, -0.05) is 72.6 Å². The van der Waals surface area contributed by atoms with Gasteiger partial charge in [-0.2, -0.15) is 0 Å². The Morgan fingerprint density at radius 1 is 1.05 bits per heavy atom. The number of allylic oxidation sites excluding steroid dienone is 1. The van der Waals surface area contributed by atoms with E-state index in [0.29, 0.717) is 6.42 Å². The van der Waals surface area contributed by atoms with Crippen molar-refractivity contribution in [2.24, 2.45) is 5.41 Å². The molecule has 1 unspecified atom stereocenters. The molecule has 0 saturated carbocycles. The van der Waals surface area contributed by atoms with Gasteiger partial charge in [-0.25, -0.2) is 4.79 Å². The third-order valence-electron chi connectivity index (χ3n) is 3.41. The minimum Gasteiger partial charge on any atom is -0.487 e. The van der Waals surface area contributed by atoms with E-state index in [1.165, 1.54) is 38.5 Å². The average molecular weight is 298 g/mol. The minimum atomic E-state index is -0.864. The molecule has 0 aromatic carbocycles. The summed E-state index contributed by atoms with van der Waals surface area (Å²) in [4.78, 5) is 11.1. The third-order valence-corrected chi connectivity index (χ3v) is 3.41. The van der Waals surface area contributed by atoms with Crippen LogP contribution in [0.1, 0.15) is 85.5 Å². The first-order chi connectivity index (χ1) is 9.87. The lowest BCUT2D eigenvalue weighted by Crippen LogP contribution is -2.22. The number of unbranched alkanes of at least 4 members (excludes halogenated alkanes) is 7. The van der Waals surface area contributed by atoms with E-state index in [2.05, 4.69) is 27.7 Å². The smallest absolute Gasteiger partial charge is 0.344 e. The van der Waals surface area contributed by atoms with E-state index in [0.717, 1.165) is 12.8 Å². The first-order valence-corrected chi connectivity index (χ1v) is 8.43. The molecule has 0 spiro atoms. The van der Waals surface area contributed by atoms with Crippen molar-refractivity contribution in [1.29, 1.82) is 0 Å². The molecule has 0 aromatic rings. The molecular weight excluding hydrogens is 264 g/mol. The summed E-state index contributed by atoms with van der Waals surface area (Å²) in [6.45, 7) is 8.39. The van der Waals surface area contributed by atoms with Gasteiger partial charge >= 0.3 is 5.97 Å². The standard InChI is InChI=1S/C18H34O3/c1-5-6-7-8-9-10-11-12-13-16(17(19)20)21-15-14-18(2,3)4/h14-16H,5-13H2,1-4H3,(H,19,20). The van der Waals surface area contributed by atoms with E-state index < -0.39 is 12.1 Å². The van der Waals surface area contributed by atoms with Crippen molar-refractivity contribution in [2.75, 3.05) is 0 Å². The predicted octanol–water partition coefficient (Wildman–Crippen LogP) is 5.55.